The van der Waals surface area contributed by atoms with Gasteiger partial charge >= 0.3 is 0 Å². The van der Waals surface area contributed by atoms with Gasteiger partial charge < -0.3 is 28.4 Å². The van der Waals surface area contributed by atoms with E-state index in [2.05, 4.69) is 0 Å². The van der Waals surface area contributed by atoms with E-state index in [1.54, 1.807) is 0 Å². The van der Waals surface area contributed by atoms with Crippen molar-refractivity contribution in [2.24, 2.45) is 0 Å². The van der Waals surface area contributed by atoms with Gasteiger partial charge in [0.15, 0.2) is 0 Å². The van der Waals surface area contributed by atoms with E-state index in [1.165, 1.54) is 21.6 Å². The van der Waals surface area contributed by atoms with Crippen LogP contribution in [0.4, 0.5) is 0 Å². The largest absolute Gasteiger partial charge is 0.372 e. The summed E-state index contributed by atoms with van der Waals surface area (Å²) in [7, 11) is 4.98. The molecule has 0 aromatic rings. The van der Waals surface area contributed by atoms with Gasteiger partial charge in [-0.25, -0.2) is 0 Å². The topological polar surface area (TPSA) is 55.4 Å². The van der Waals surface area contributed by atoms with Gasteiger partial charge in [0.1, 0.15) is 12.2 Å². The smallest absolute Gasteiger partial charge is 0.255 e. The van der Waals surface area contributed by atoms with E-state index in [0.717, 1.165) is 32.6 Å². The van der Waals surface area contributed by atoms with Crippen molar-refractivity contribution < 1.29 is 28.4 Å². The molecule has 2 atom stereocenters. The Balaban J connectivity index is 5.85. The van der Waals surface area contributed by atoms with Crippen LogP contribution in [0.5, 0.6) is 0 Å². The second-order valence-electron chi connectivity index (χ2n) is 5.81. The van der Waals surface area contributed by atoms with Crippen LogP contribution in [-0.2, 0) is 28.4 Å². The molecule has 0 N–H and O–H groups in total. The molecule has 0 amide bonds. The third-order valence-corrected chi connectivity index (χ3v) is 8.59. The van der Waals surface area contributed by atoms with Gasteiger partial charge in [-0.15, -0.1) is 0 Å². The predicted octanol–water partition coefficient (Wildman–Crippen LogP) is 2.20. The molecule has 6 nitrogen and oxygen atoms in total. The van der Waals surface area contributed by atoms with Crippen LogP contribution in [0.1, 0.15) is 41.5 Å². The molecule has 0 radical (unpaired) electrons. The van der Waals surface area contributed by atoms with Gasteiger partial charge in [0, 0.05) is 60.1 Å². The Hall–Kier alpha value is 0.894. The molecule has 0 saturated heterocycles. The van der Waals surface area contributed by atoms with Crippen molar-refractivity contribution >= 4 is 42.1 Å². The Morgan fingerprint density at radius 2 is 0.857 bits per heavy atom. The molecule has 28 heavy (non-hydrogen) atoms. The third-order valence-electron chi connectivity index (χ3n) is 3.92. The van der Waals surface area contributed by atoms with Gasteiger partial charge in [0.05, 0.1) is 0 Å². The molecule has 2 unspecified atom stereocenters. The van der Waals surface area contributed by atoms with E-state index in [9.17, 15) is 0 Å². The summed E-state index contributed by atoms with van der Waals surface area (Å²) in [6.07, 6.45) is -0.298. The minimum absolute atomic E-state index is 0.149. The summed E-state index contributed by atoms with van der Waals surface area (Å²) >= 11 is 0. The van der Waals surface area contributed by atoms with Crippen molar-refractivity contribution in [3.8, 4) is 0 Å². The van der Waals surface area contributed by atoms with Crippen LogP contribution in [0.25, 0.3) is 0 Å². The zero-order chi connectivity index (χ0) is 21.5. The molecule has 0 aliphatic rings. The van der Waals surface area contributed by atoms with Crippen molar-refractivity contribution in [2.75, 3.05) is 39.6 Å². The predicted molar refractivity (Wildman–Crippen MR) is 127 cm³/mol. The van der Waals surface area contributed by atoms with E-state index in [-0.39, 0.29) is 12.2 Å². The summed E-state index contributed by atoms with van der Waals surface area (Å²) in [6.45, 7) is 15.3. The van der Waals surface area contributed by atoms with Crippen LogP contribution in [0, 0.1) is 0 Å². The standard InChI is InChI=1S/C18H42O6S2Si2/c1-7-19-15(13-27)17(21-9-3,22-10-4)25-26-18(23-11-5,24-12-6)16(14-28)20-8-2/h15-16H,7-14H2,1-6,27-28H3. The fourth-order valence-electron chi connectivity index (χ4n) is 2.92. The minimum atomic E-state index is -0.909. The van der Waals surface area contributed by atoms with Gasteiger partial charge in [-0.2, -0.15) is 0 Å². The van der Waals surface area contributed by atoms with Crippen LogP contribution < -0.4 is 0 Å². The average Bonchev–Trinajstić information content (AvgIpc) is 2.68. The molecule has 0 heterocycles. The zero-order valence-corrected chi connectivity index (χ0v) is 24.7. The van der Waals surface area contributed by atoms with Gasteiger partial charge in [0.2, 0.25) is 0 Å². The van der Waals surface area contributed by atoms with Crippen molar-refractivity contribution in [2.45, 2.75) is 76.1 Å². The van der Waals surface area contributed by atoms with Crippen LogP contribution in [0.15, 0.2) is 0 Å². The highest BCUT2D eigenvalue weighted by Gasteiger charge is 2.49. The molecule has 0 spiro atoms. The molecule has 0 aromatic heterocycles. The number of rotatable bonds is 19. The summed E-state index contributed by atoms with van der Waals surface area (Å²) in [5.74, 6) is 0. The maximum Gasteiger partial charge on any atom is 0.255 e. The quantitative estimate of drug-likeness (QED) is 0.160. The van der Waals surface area contributed by atoms with Crippen LogP contribution in [0.3, 0.4) is 0 Å². The van der Waals surface area contributed by atoms with Crippen molar-refractivity contribution in [3.05, 3.63) is 0 Å². The van der Waals surface area contributed by atoms with E-state index >= 15 is 0 Å². The molecule has 0 bridgehead atoms. The van der Waals surface area contributed by atoms with Crippen molar-refractivity contribution in [1.29, 1.82) is 0 Å². The van der Waals surface area contributed by atoms with Gasteiger partial charge in [0.25, 0.3) is 10.2 Å². The fraction of sp³-hybridized carbons (Fsp3) is 1.00. The molecular formula is C18H42O6S2Si2. The SMILES string of the molecule is CCOC(C[SiH3])C(OCC)(OCC)SSC(OCC)(OCC)C(C[SiH3])OCC. The molecule has 0 aromatic carbocycles. The average molecular weight is 475 g/mol. The summed E-state index contributed by atoms with van der Waals surface area (Å²) in [4.78, 5) is 0. The minimum Gasteiger partial charge on any atom is -0.372 e. The maximum absolute atomic E-state index is 6.17. The van der Waals surface area contributed by atoms with E-state index < -0.39 is 10.2 Å². The number of ether oxygens (including phenoxy) is 6. The second kappa shape index (κ2) is 16.6. The molecule has 0 saturated carbocycles. The Labute approximate surface area is 186 Å². The van der Waals surface area contributed by atoms with E-state index in [0.29, 0.717) is 39.6 Å². The Bertz CT molecular complexity index is 336. The molecule has 0 fully saturated rings. The van der Waals surface area contributed by atoms with E-state index in [1.807, 2.05) is 41.5 Å². The summed E-state index contributed by atoms with van der Waals surface area (Å²) in [5.41, 5.74) is 0. The highest BCUT2D eigenvalue weighted by Crippen LogP contribution is 2.51. The number of hydrogen-bond acceptors (Lipinski definition) is 8. The van der Waals surface area contributed by atoms with Gasteiger partial charge in [-0.3, -0.25) is 0 Å². The van der Waals surface area contributed by atoms with Gasteiger partial charge in [-0.1, -0.05) is 0 Å². The first-order valence-electron chi connectivity index (χ1n) is 10.6. The molecule has 0 rings (SSSR count). The first-order valence-corrected chi connectivity index (χ1v) is 15.6. The maximum atomic E-state index is 6.17. The first-order chi connectivity index (χ1) is 13.5. The lowest BCUT2D eigenvalue weighted by atomic mass is 10.3. The van der Waals surface area contributed by atoms with Crippen LogP contribution in [-0.4, -0.2) is 82.6 Å². The van der Waals surface area contributed by atoms with E-state index in [4.69, 9.17) is 28.4 Å². The fourth-order valence-corrected chi connectivity index (χ4v) is 8.56. The molecule has 10 heteroatoms. The highest BCUT2D eigenvalue weighted by molar-refractivity contribution is 8.77. The van der Waals surface area contributed by atoms with Crippen molar-refractivity contribution in [1.82, 2.24) is 0 Å². The lowest BCUT2D eigenvalue weighted by Gasteiger charge is -2.42. The lowest BCUT2D eigenvalue weighted by molar-refractivity contribution is -0.226. The monoisotopic (exact) mass is 474 g/mol. The van der Waals surface area contributed by atoms with Crippen LogP contribution >= 0.6 is 21.6 Å². The highest BCUT2D eigenvalue weighted by atomic mass is 33.1. The molecule has 0 aliphatic carbocycles. The Morgan fingerprint density at radius 3 is 1.04 bits per heavy atom. The zero-order valence-electron chi connectivity index (χ0n) is 19.1. The van der Waals surface area contributed by atoms with Gasteiger partial charge in [-0.05, 0) is 75.2 Å². The van der Waals surface area contributed by atoms with Crippen molar-refractivity contribution in [3.63, 3.8) is 0 Å². The Morgan fingerprint density at radius 1 is 0.571 bits per heavy atom. The summed E-state index contributed by atoms with van der Waals surface area (Å²) in [6, 6.07) is 1.82. The normalized spacial score (nSPS) is 15.2. The summed E-state index contributed by atoms with van der Waals surface area (Å²) < 4.78 is 36.7. The molecule has 170 valence electrons. The first kappa shape index (κ1) is 28.9. The molecular weight excluding hydrogens is 432 g/mol. The Kier molecular flexibility index (Phi) is 17.1. The van der Waals surface area contributed by atoms with Crippen LogP contribution in [0.2, 0.25) is 12.1 Å². The second-order valence-corrected chi connectivity index (χ2v) is 9.91. The third kappa shape index (κ3) is 8.56. The molecule has 0 aliphatic heterocycles. The number of hydrogen-bond donors (Lipinski definition) is 0. The lowest BCUT2D eigenvalue weighted by Crippen LogP contribution is -2.49. The summed E-state index contributed by atoms with van der Waals surface area (Å²) in [5, 5.41) is -1.82.